The molecular formula is C16H17ClN4OS. The van der Waals surface area contributed by atoms with Crippen molar-refractivity contribution >= 4 is 33.8 Å². The first-order valence-electron chi connectivity index (χ1n) is 7.58. The summed E-state index contributed by atoms with van der Waals surface area (Å²) in [6.45, 7) is 3.59. The topological polar surface area (TPSA) is 70.7 Å². The SMILES string of the molecule is Cc1c(Cl)cnn1C(C)C(=O)Nc1sc2c(c1C#N)CCCC2. The number of hydrogen-bond acceptors (Lipinski definition) is 4. The van der Waals surface area contributed by atoms with Crippen LogP contribution in [0.1, 0.15) is 47.5 Å². The maximum atomic E-state index is 12.5. The van der Waals surface area contributed by atoms with E-state index in [2.05, 4.69) is 16.5 Å². The van der Waals surface area contributed by atoms with Gasteiger partial charge in [0.15, 0.2) is 0 Å². The number of aromatic nitrogens is 2. The third kappa shape index (κ3) is 2.87. The van der Waals surface area contributed by atoms with Crippen LogP contribution in [0.15, 0.2) is 6.20 Å². The molecule has 1 N–H and O–H groups in total. The lowest BCUT2D eigenvalue weighted by molar-refractivity contribution is -0.119. The maximum absolute atomic E-state index is 12.5. The third-order valence-corrected chi connectivity index (χ3v) is 5.83. The first kappa shape index (κ1) is 16.0. The molecule has 0 spiro atoms. The van der Waals surface area contributed by atoms with Crippen LogP contribution in [0.3, 0.4) is 0 Å². The molecule has 0 aliphatic heterocycles. The molecule has 1 amide bonds. The van der Waals surface area contributed by atoms with Crippen molar-refractivity contribution < 1.29 is 4.79 Å². The Morgan fingerprint density at radius 3 is 2.91 bits per heavy atom. The Labute approximate surface area is 143 Å². The molecule has 1 unspecified atom stereocenters. The molecule has 1 atom stereocenters. The summed E-state index contributed by atoms with van der Waals surface area (Å²) in [5, 5.41) is 17.7. The molecule has 0 radical (unpaired) electrons. The summed E-state index contributed by atoms with van der Waals surface area (Å²) in [7, 11) is 0. The molecule has 1 aliphatic rings. The van der Waals surface area contributed by atoms with E-state index in [0.717, 1.165) is 36.9 Å². The number of nitrogens with zero attached hydrogens (tertiary/aromatic N) is 3. The van der Waals surface area contributed by atoms with Crippen molar-refractivity contribution in [2.45, 2.75) is 45.6 Å². The van der Waals surface area contributed by atoms with Crippen LogP contribution in [-0.4, -0.2) is 15.7 Å². The molecule has 23 heavy (non-hydrogen) atoms. The van der Waals surface area contributed by atoms with Gasteiger partial charge in [0.1, 0.15) is 17.1 Å². The summed E-state index contributed by atoms with van der Waals surface area (Å²) in [5.74, 6) is -0.192. The van der Waals surface area contributed by atoms with Gasteiger partial charge in [0.2, 0.25) is 5.91 Å². The van der Waals surface area contributed by atoms with E-state index in [9.17, 15) is 10.1 Å². The first-order chi connectivity index (χ1) is 11.0. The predicted octanol–water partition coefficient (Wildman–Crippen LogP) is 3.86. The minimum atomic E-state index is -0.492. The van der Waals surface area contributed by atoms with E-state index in [1.807, 2.05) is 6.92 Å². The highest BCUT2D eigenvalue weighted by Crippen LogP contribution is 2.37. The average molecular weight is 349 g/mol. The summed E-state index contributed by atoms with van der Waals surface area (Å²) < 4.78 is 1.59. The lowest BCUT2D eigenvalue weighted by Crippen LogP contribution is -2.25. The minimum absolute atomic E-state index is 0.192. The van der Waals surface area contributed by atoms with Crippen molar-refractivity contribution in [2.24, 2.45) is 0 Å². The van der Waals surface area contributed by atoms with Crippen molar-refractivity contribution in [3.05, 3.63) is 32.9 Å². The van der Waals surface area contributed by atoms with E-state index < -0.39 is 6.04 Å². The highest BCUT2D eigenvalue weighted by molar-refractivity contribution is 7.16. The normalized spacial score (nSPS) is 14.9. The van der Waals surface area contributed by atoms with Crippen molar-refractivity contribution in [2.75, 3.05) is 5.32 Å². The smallest absolute Gasteiger partial charge is 0.249 e. The molecule has 0 saturated carbocycles. The molecule has 2 aromatic heterocycles. The predicted molar refractivity (Wildman–Crippen MR) is 91.0 cm³/mol. The first-order valence-corrected chi connectivity index (χ1v) is 8.77. The Bertz CT molecular complexity index is 802. The second kappa shape index (κ2) is 6.34. The summed E-state index contributed by atoms with van der Waals surface area (Å²) >= 11 is 7.53. The fourth-order valence-electron chi connectivity index (χ4n) is 2.89. The Morgan fingerprint density at radius 2 is 2.26 bits per heavy atom. The highest BCUT2D eigenvalue weighted by atomic mass is 35.5. The van der Waals surface area contributed by atoms with Gasteiger partial charge in [0, 0.05) is 4.88 Å². The van der Waals surface area contributed by atoms with Gasteiger partial charge < -0.3 is 5.32 Å². The second-order valence-electron chi connectivity index (χ2n) is 5.71. The zero-order valence-electron chi connectivity index (χ0n) is 13.0. The molecule has 3 rings (SSSR count). The third-order valence-electron chi connectivity index (χ3n) is 4.25. The molecule has 120 valence electrons. The number of hydrogen-bond donors (Lipinski definition) is 1. The monoisotopic (exact) mass is 348 g/mol. The standard InChI is InChI=1S/C16H17ClN4OS/c1-9-13(17)8-19-21(9)10(2)15(22)20-16-12(7-18)11-5-3-4-6-14(11)23-16/h8,10H,3-6H2,1-2H3,(H,20,22). The Hall–Kier alpha value is -1.84. The van der Waals surface area contributed by atoms with Gasteiger partial charge in [0.25, 0.3) is 0 Å². The molecule has 2 heterocycles. The van der Waals surface area contributed by atoms with Crippen LogP contribution in [0.2, 0.25) is 5.02 Å². The van der Waals surface area contributed by atoms with Crippen LogP contribution >= 0.6 is 22.9 Å². The van der Waals surface area contributed by atoms with Crippen molar-refractivity contribution in [3.8, 4) is 6.07 Å². The average Bonchev–Trinajstić information content (AvgIpc) is 3.06. The van der Waals surface area contributed by atoms with Crippen LogP contribution in [-0.2, 0) is 17.6 Å². The molecule has 5 nitrogen and oxygen atoms in total. The number of fused-ring (bicyclic) bond motifs is 1. The van der Waals surface area contributed by atoms with Gasteiger partial charge in [0.05, 0.1) is 22.5 Å². The summed E-state index contributed by atoms with van der Waals surface area (Å²) in [6, 6.07) is 1.76. The Kier molecular flexibility index (Phi) is 4.42. The highest BCUT2D eigenvalue weighted by Gasteiger charge is 2.24. The lowest BCUT2D eigenvalue weighted by Gasteiger charge is -2.14. The fourth-order valence-corrected chi connectivity index (χ4v) is 4.27. The van der Waals surface area contributed by atoms with Gasteiger partial charge >= 0.3 is 0 Å². The molecular weight excluding hydrogens is 332 g/mol. The van der Waals surface area contributed by atoms with Crippen LogP contribution in [0.5, 0.6) is 0 Å². The number of nitriles is 1. The van der Waals surface area contributed by atoms with Crippen LogP contribution < -0.4 is 5.32 Å². The quantitative estimate of drug-likeness (QED) is 0.915. The summed E-state index contributed by atoms with van der Waals surface area (Å²) in [4.78, 5) is 13.8. The van der Waals surface area contributed by atoms with Crippen LogP contribution in [0, 0.1) is 18.3 Å². The number of carbonyl (C=O) groups excluding carboxylic acids is 1. The molecule has 0 aromatic carbocycles. The van der Waals surface area contributed by atoms with E-state index >= 15 is 0 Å². The second-order valence-corrected chi connectivity index (χ2v) is 7.23. The van der Waals surface area contributed by atoms with Gasteiger partial charge in [-0.2, -0.15) is 10.4 Å². The Balaban J connectivity index is 1.84. The molecule has 1 aliphatic carbocycles. The molecule has 2 aromatic rings. The van der Waals surface area contributed by atoms with E-state index in [0.29, 0.717) is 15.6 Å². The number of anilines is 1. The number of thiophene rings is 1. The largest absolute Gasteiger partial charge is 0.315 e. The molecule has 0 bridgehead atoms. The van der Waals surface area contributed by atoms with Gasteiger partial charge in [-0.3, -0.25) is 9.48 Å². The van der Waals surface area contributed by atoms with Gasteiger partial charge in [-0.05, 0) is 45.1 Å². The number of rotatable bonds is 3. The van der Waals surface area contributed by atoms with Gasteiger partial charge in [-0.1, -0.05) is 11.6 Å². The van der Waals surface area contributed by atoms with Crippen LogP contribution in [0.4, 0.5) is 5.00 Å². The number of halogens is 1. The molecule has 0 saturated heterocycles. The molecule has 0 fully saturated rings. The number of aryl methyl sites for hydroxylation is 1. The Morgan fingerprint density at radius 1 is 1.52 bits per heavy atom. The number of carbonyl (C=O) groups is 1. The van der Waals surface area contributed by atoms with Gasteiger partial charge in [-0.15, -0.1) is 11.3 Å². The number of amides is 1. The maximum Gasteiger partial charge on any atom is 0.249 e. The summed E-state index contributed by atoms with van der Waals surface area (Å²) in [6.07, 6.45) is 5.70. The zero-order chi connectivity index (χ0) is 16.6. The molecule has 7 heteroatoms. The van der Waals surface area contributed by atoms with Gasteiger partial charge in [-0.25, -0.2) is 0 Å². The van der Waals surface area contributed by atoms with Crippen molar-refractivity contribution in [1.29, 1.82) is 5.26 Å². The van der Waals surface area contributed by atoms with E-state index in [-0.39, 0.29) is 5.91 Å². The van der Waals surface area contributed by atoms with E-state index in [4.69, 9.17) is 11.6 Å². The fraction of sp³-hybridized carbons (Fsp3) is 0.438. The zero-order valence-corrected chi connectivity index (χ0v) is 14.6. The van der Waals surface area contributed by atoms with E-state index in [1.165, 1.54) is 22.4 Å². The number of nitrogens with one attached hydrogen (secondary N) is 1. The van der Waals surface area contributed by atoms with Crippen molar-refractivity contribution in [3.63, 3.8) is 0 Å². The minimum Gasteiger partial charge on any atom is -0.315 e. The van der Waals surface area contributed by atoms with Crippen molar-refractivity contribution in [1.82, 2.24) is 9.78 Å². The van der Waals surface area contributed by atoms with Crippen LogP contribution in [0.25, 0.3) is 0 Å². The lowest BCUT2D eigenvalue weighted by atomic mass is 9.96. The van der Waals surface area contributed by atoms with E-state index in [1.54, 1.807) is 11.6 Å². The summed E-state index contributed by atoms with van der Waals surface area (Å²) in [5.41, 5.74) is 2.49.